The second-order valence-corrected chi connectivity index (χ2v) is 8.31. The average Bonchev–Trinajstić information content (AvgIpc) is 2.59. The first-order valence-corrected chi connectivity index (χ1v) is 9.31. The van der Waals surface area contributed by atoms with Gasteiger partial charge in [0.25, 0.3) is 0 Å². The molecule has 1 saturated carbocycles. The highest BCUT2D eigenvalue weighted by Gasteiger charge is 2.33. The maximum Gasteiger partial charge on any atom is 0.151 e. The van der Waals surface area contributed by atoms with Gasteiger partial charge in [-0.25, -0.2) is 8.42 Å². The second kappa shape index (κ2) is 6.12. The van der Waals surface area contributed by atoms with Gasteiger partial charge in [-0.05, 0) is 25.8 Å². The molecule has 0 spiro atoms. The van der Waals surface area contributed by atoms with E-state index in [0.29, 0.717) is 5.75 Å². The molecule has 0 saturated heterocycles. The lowest BCUT2D eigenvalue weighted by Crippen LogP contribution is -2.40. The van der Waals surface area contributed by atoms with Crippen molar-refractivity contribution in [2.75, 3.05) is 24.8 Å². The molecule has 0 aromatic rings. The predicted octanol–water partition coefficient (Wildman–Crippen LogP) is 0.310. The highest BCUT2D eigenvalue weighted by Crippen LogP contribution is 2.24. The Labute approximate surface area is 101 Å². The van der Waals surface area contributed by atoms with Crippen LogP contribution in [-0.2, 0) is 20.6 Å². The zero-order chi connectivity index (χ0) is 12.2. The van der Waals surface area contributed by atoms with Crippen LogP contribution in [0.15, 0.2) is 0 Å². The molecule has 16 heavy (non-hydrogen) atoms. The Balaban J connectivity index is 2.34. The van der Waals surface area contributed by atoms with E-state index in [1.165, 1.54) is 6.26 Å². The van der Waals surface area contributed by atoms with E-state index in [4.69, 9.17) is 0 Å². The predicted molar refractivity (Wildman–Crippen MR) is 67.8 cm³/mol. The third kappa shape index (κ3) is 4.51. The fourth-order valence-corrected chi connectivity index (χ4v) is 4.21. The summed E-state index contributed by atoms with van der Waals surface area (Å²) in [7, 11) is -3.68. The van der Waals surface area contributed by atoms with Crippen LogP contribution >= 0.6 is 0 Å². The first-order chi connectivity index (χ1) is 7.41. The lowest BCUT2D eigenvalue weighted by atomic mass is 10.2. The van der Waals surface area contributed by atoms with Gasteiger partial charge in [-0.1, -0.05) is 6.42 Å². The van der Waals surface area contributed by atoms with E-state index in [1.54, 1.807) is 6.26 Å². The molecule has 1 aliphatic rings. The minimum atomic E-state index is -2.93. The van der Waals surface area contributed by atoms with Gasteiger partial charge in [0.1, 0.15) is 0 Å². The third-order valence-corrected chi connectivity index (χ3v) is 5.55. The maximum absolute atomic E-state index is 11.5. The van der Waals surface area contributed by atoms with Crippen molar-refractivity contribution in [2.24, 2.45) is 0 Å². The molecule has 0 amide bonds. The Morgan fingerprint density at radius 3 is 2.62 bits per heavy atom. The lowest BCUT2D eigenvalue weighted by Gasteiger charge is -2.19. The number of rotatable bonds is 6. The van der Waals surface area contributed by atoms with Crippen LogP contribution in [0.4, 0.5) is 0 Å². The van der Waals surface area contributed by atoms with Gasteiger partial charge in [-0.15, -0.1) is 0 Å². The Hall–Kier alpha value is 0.0600. The van der Waals surface area contributed by atoms with E-state index >= 15 is 0 Å². The van der Waals surface area contributed by atoms with E-state index in [0.717, 1.165) is 32.2 Å². The van der Waals surface area contributed by atoms with Crippen LogP contribution in [0, 0.1) is 0 Å². The molecule has 96 valence electrons. The van der Waals surface area contributed by atoms with Gasteiger partial charge in [-0.2, -0.15) is 0 Å². The molecule has 0 heterocycles. The van der Waals surface area contributed by atoms with E-state index in [-0.39, 0.29) is 11.3 Å². The minimum Gasteiger partial charge on any atom is -0.313 e. The molecule has 0 radical (unpaired) electrons. The summed E-state index contributed by atoms with van der Waals surface area (Å²) in [5.41, 5.74) is 0. The molecule has 1 fully saturated rings. The fourth-order valence-electron chi connectivity index (χ4n) is 2.23. The van der Waals surface area contributed by atoms with Gasteiger partial charge in [-0.3, -0.25) is 4.21 Å². The van der Waals surface area contributed by atoms with Crippen LogP contribution in [0.25, 0.3) is 0 Å². The molecule has 4 nitrogen and oxygen atoms in total. The number of hydrogen-bond donors (Lipinski definition) is 1. The minimum absolute atomic E-state index is 0.0975. The highest BCUT2D eigenvalue weighted by molar-refractivity contribution is 7.91. The lowest BCUT2D eigenvalue weighted by molar-refractivity contribution is 0.507. The number of nitrogens with one attached hydrogen (secondary N) is 1. The highest BCUT2D eigenvalue weighted by atomic mass is 32.2. The molecular formula is C10H21NO3S2. The summed E-state index contributed by atoms with van der Waals surface area (Å²) in [6.45, 7) is 0.760. The van der Waals surface area contributed by atoms with Gasteiger partial charge >= 0.3 is 0 Å². The second-order valence-electron chi connectivity index (χ2n) is 4.49. The van der Waals surface area contributed by atoms with Crippen LogP contribution in [0.1, 0.15) is 25.7 Å². The summed E-state index contributed by atoms with van der Waals surface area (Å²) >= 11 is 0. The zero-order valence-corrected chi connectivity index (χ0v) is 11.6. The van der Waals surface area contributed by atoms with Gasteiger partial charge in [0.2, 0.25) is 0 Å². The summed E-state index contributed by atoms with van der Waals surface area (Å²) in [6, 6.07) is 0.0975. The SMILES string of the molecule is CS(=O)CCCNC1CCCC1S(C)(=O)=O. The Kier molecular flexibility index (Phi) is 5.40. The van der Waals surface area contributed by atoms with Crippen LogP contribution in [-0.4, -0.2) is 48.7 Å². The van der Waals surface area contributed by atoms with E-state index < -0.39 is 20.6 Å². The molecule has 0 aliphatic heterocycles. The summed E-state index contributed by atoms with van der Waals surface area (Å²) < 4.78 is 33.8. The van der Waals surface area contributed by atoms with E-state index in [1.807, 2.05) is 0 Å². The van der Waals surface area contributed by atoms with Crippen LogP contribution in [0.2, 0.25) is 0 Å². The van der Waals surface area contributed by atoms with Crippen molar-refractivity contribution in [2.45, 2.75) is 37.0 Å². The third-order valence-electron chi connectivity index (χ3n) is 3.02. The monoisotopic (exact) mass is 267 g/mol. The standard InChI is InChI=1S/C10H21NO3S2/c1-15(12)8-4-7-11-9-5-3-6-10(9)16(2,13)14/h9-11H,3-8H2,1-2H3. The topological polar surface area (TPSA) is 63.2 Å². The molecule has 1 N–H and O–H groups in total. The van der Waals surface area contributed by atoms with Crippen molar-refractivity contribution in [1.82, 2.24) is 5.32 Å². The molecule has 3 atom stereocenters. The number of sulfone groups is 1. The van der Waals surface area contributed by atoms with Crippen molar-refractivity contribution in [1.29, 1.82) is 0 Å². The van der Waals surface area contributed by atoms with E-state index in [9.17, 15) is 12.6 Å². The van der Waals surface area contributed by atoms with Crippen molar-refractivity contribution in [3.05, 3.63) is 0 Å². The van der Waals surface area contributed by atoms with Crippen LogP contribution in [0.3, 0.4) is 0 Å². The normalized spacial score (nSPS) is 28.1. The van der Waals surface area contributed by atoms with E-state index in [2.05, 4.69) is 5.32 Å². The number of hydrogen-bond acceptors (Lipinski definition) is 4. The first-order valence-electron chi connectivity index (χ1n) is 5.63. The van der Waals surface area contributed by atoms with Crippen LogP contribution < -0.4 is 5.32 Å². The first kappa shape index (κ1) is 14.1. The van der Waals surface area contributed by atoms with Gasteiger partial charge < -0.3 is 5.32 Å². The zero-order valence-electron chi connectivity index (χ0n) is 9.94. The summed E-state index contributed by atoms with van der Waals surface area (Å²) in [5, 5.41) is 3.06. The molecule has 1 aliphatic carbocycles. The van der Waals surface area contributed by atoms with Gasteiger partial charge in [0, 0.05) is 35.1 Å². The van der Waals surface area contributed by atoms with Crippen molar-refractivity contribution < 1.29 is 12.6 Å². The Morgan fingerprint density at radius 1 is 1.38 bits per heavy atom. The fraction of sp³-hybridized carbons (Fsp3) is 1.00. The average molecular weight is 267 g/mol. The van der Waals surface area contributed by atoms with Crippen molar-refractivity contribution in [3.8, 4) is 0 Å². The Morgan fingerprint density at radius 2 is 2.06 bits per heavy atom. The molecule has 1 rings (SSSR count). The van der Waals surface area contributed by atoms with Crippen molar-refractivity contribution >= 4 is 20.6 Å². The summed E-state index contributed by atoms with van der Waals surface area (Å²) in [6.07, 6.45) is 6.54. The quantitative estimate of drug-likeness (QED) is 0.704. The molecule has 0 bridgehead atoms. The van der Waals surface area contributed by atoms with Gasteiger partial charge in [0.05, 0.1) is 5.25 Å². The molecule has 0 aromatic carbocycles. The summed E-state index contributed by atoms with van der Waals surface area (Å²) in [5.74, 6) is 0.684. The van der Waals surface area contributed by atoms with Crippen molar-refractivity contribution in [3.63, 3.8) is 0 Å². The molecular weight excluding hydrogens is 246 g/mol. The molecule has 0 aromatic heterocycles. The smallest absolute Gasteiger partial charge is 0.151 e. The molecule has 6 heteroatoms. The van der Waals surface area contributed by atoms with Crippen LogP contribution in [0.5, 0.6) is 0 Å². The molecule has 3 unspecified atom stereocenters. The van der Waals surface area contributed by atoms with Gasteiger partial charge in [0.15, 0.2) is 9.84 Å². The largest absolute Gasteiger partial charge is 0.313 e. The summed E-state index contributed by atoms with van der Waals surface area (Å²) in [4.78, 5) is 0. The maximum atomic E-state index is 11.5. The Bertz CT molecular complexity index is 340.